The Kier molecular flexibility index (Phi) is 4.51. The highest BCUT2D eigenvalue weighted by Gasteiger charge is 2.17. The van der Waals surface area contributed by atoms with Crippen LogP contribution >= 0.6 is 0 Å². The first-order chi connectivity index (χ1) is 15.2. The van der Waals surface area contributed by atoms with E-state index in [0.717, 1.165) is 33.2 Å². The van der Waals surface area contributed by atoms with E-state index in [9.17, 15) is 4.79 Å². The van der Waals surface area contributed by atoms with Gasteiger partial charge in [0, 0.05) is 35.0 Å². The second-order valence-corrected chi connectivity index (χ2v) is 7.15. The van der Waals surface area contributed by atoms with E-state index in [1.54, 1.807) is 24.8 Å². The van der Waals surface area contributed by atoms with E-state index < -0.39 is 0 Å². The van der Waals surface area contributed by atoms with Gasteiger partial charge >= 0.3 is 0 Å². The molecule has 0 radical (unpaired) electrons. The molecular weight excluding hydrogens is 392 g/mol. The third-order valence-electron chi connectivity index (χ3n) is 5.25. The first-order valence-electron chi connectivity index (χ1n) is 9.67. The second kappa shape index (κ2) is 7.49. The van der Waals surface area contributed by atoms with Crippen molar-refractivity contribution in [2.24, 2.45) is 0 Å². The Hall–Kier alpha value is -4.33. The van der Waals surface area contributed by atoms with Crippen LogP contribution in [0.4, 0.5) is 11.6 Å². The van der Waals surface area contributed by atoms with Crippen LogP contribution in [-0.4, -0.2) is 31.0 Å². The van der Waals surface area contributed by atoms with Crippen LogP contribution in [-0.2, 0) is 4.79 Å². The highest BCUT2D eigenvalue weighted by Crippen LogP contribution is 2.37. The van der Waals surface area contributed by atoms with Gasteiger partial charge in [-0.1, -0.05) is 12.1 Å². The van der Waals surface area contributed by atoms with Crippen LogP contribution in [0.15, 0.2) is 61.2 Å². The van der Waals surface area contributed by atoms with E-state index in [2.05, 4.69) is 25.5 Å². The molecule has 0 aliphatic rings. The number of nitrogens with one attached hydrogen (secondary N) is 1. The zero-order chi connectivity index (χ0) is 21.4. The van der Waals surface area contributed by atoms with Gasteiger partial charge in [-0.3, -0.25) is 9.20 Å². The quantitative estimate of drug-likeness (QED) is 0.433. The van der Waals surface area contributed by atoms with Gasteiger partial charge in [0.2, 0.25) is 0 Å². The van der Waals surface area contributed by atoms with Crippen LogP contribution in [0.25, 0.3) is 27.7 Å². The molecule has 0 atom stereocenters. The molecule has 0 unspecified atom stereocenters. The normalized spacial score (nSPS) is 11.0. The first-order valence-corrected chi connectivity index (χ1v) is 9.67. The molecule has 5 aromatic rings. The lowest BCUT2D eigenvalue weighted by molar-refractivity contribution is -0.120. The minimum absolute atomic E-state index is 0.439. The smallest absolute Gasteiger partial charge is 0.298 e. The number of benzene rings is 1. The van der Waals surface area contributed by atoms with Gasteiger partial charge in [0.25, 0.3) is 6.47 Å². The molecule has 0 aliphatic heterocycles. The van der Waals surface area contributed by atoms with Gasteiger partial charge in [0.1, 0.15) is 23.7 Å². The fraction of sp³-hybridized carbons (Fsp3) is 0.0870. The molecule has 0 fully saturated rings. The number of hydrogen-bond donors (Lipinski definition) is 1. The number of rotatable bonds is 5. The number of fused-ring (bicyclic) bond motifs is 3. The Labute approximate surface area is 177 Å². The molecule has 0 saturated carbocycles. The summed E-state index contributed by atoms with van der Waals surface area (Å²) in [5.74, 6) is 1.90. The van der Waals surface area contributed by atoms with E-state index in [0.29, 0.717) is 29.5 Å². The number of carbonyl (C=O) groups is 1. The maximum Gasteiger partial charge on any atom is 0.298 e. The van der Waals surface area contributed by atoms with Gasteiger partial charge in [-0.05, 0) is 49.2 Å². The number of carbonyl (C=O) groups excluding carboxylic acids is 1. The Balaban J connectivity index is 1.70. The van der Waals surface area contributed by atoms with Crippen molar-refractivity contribution in [3.63, 3.8) is 0 Å². The summed E-state index contributed by atoms with van der Waals surface area (Å²) in [5, 5.41) is 12.6. The molecule has 0 bridgehead atoms. The predicted molar refractivity (Wildman–Crippen MR) is 117 cm³/mol. The summed E-state index contributed by atoms with van der Waals surface area (Å²) in [7, 11) is 0. The lowest BCUT2D eigenvalue weighted by Crippen LogP contribution is -2.00. The zero-order valence-electron chi connectivity index (χ0n) is 16.9. The molecule has 1 aromatic carbocycles. The Bertz CT molecular complexity index is 1430. The van der Waals surface area contributed by atoms with Gasteiger partial charge in [0.15, 0.2) is 5.65 Å². The molecule has 0 amide bonds. The highest BCUT2D eigenvalue weighted by molar-refractivity contribution is 5.94. The third-order valence-corrected chi connectivity index (χ3v) is 5.25. The Morgan fingerprint density at radius 3 is 2.77 bits per heavy atom. The minimum Gasteiger partial charge on any atom is -0.428 e. The molecule has 8 nitrogen and oxygen atoms in total. The average molecular weight is 410 g/mol. The summed E-state index contributed by atoms with van der Waals surface area (Å²) < 4.78 is 7.09. The molecule has 31 heavy (non-hydrogen) atoms. The van der Waals surface area contributed by atoms with Crippen molar-refractivity contribution in [3.05, 3.63) is 72.3 Å². The fourth-order valence-electron chi connectivity index (χ4n) is 3.83. The maximum absolute atomic E-state index is 10.9. The summed E-state index contributed by atoms with van der Waals surface area (Å²) in [4.78, 5) is 19.7. The summed E-state index contributed by atoms with van der Waals surface area (Å²) >= 11 is 0. The van der Waals surface area contributed by atoms with Crippen LogP contribution < -0.4 is 10.1 Å². The first kappa shape index (κ1) is 18.7. The van der Waals surface area contributed by atoms with Crippen LogP contribution in [0.3, 0.4) is 0 Å². The predicted octanol–water partition coefficient (Wildman–Crippen LogP) is 4.24. The summed E-state index contributed by atoms with van der Waals surface area (Å²) in [5.41, 5.74) is 5.36. The Morgan fingerprint density at radius 2 is 1.97 bits per heavy atom. The number of hydrogen-bond acceptors (Lipinski definition) is 7. The largest absolute Gasteiger partial charge is 0.428 e. The monoisotopic (exact) mass is 410 g/mol. The van der Waals surface area contributed by atoms with Crippen LogP contribution in [0.2, 0.25) is 0 Å². The van der Waals surface area contributed by atoms with Crippen LogP contribution in [0.5, 0.6) is 5.75 Å². The maximum atomic E-state index is 10.9. The number of aromatic nitrogens is 5. The molecule has 0 saturated heterocycles. The van der Waals surface area contributed by atoms with Crippen molar-refractivity contribution in [1.29, 1.82) is 0 Å². The standard InChI is InChI=1S/C23H18N6O2/c1-14-6-7-19(31-13-30)15(2)22(14)17-9-16-11-25-21(27-20-5-3-4-8-24-20)10-18(16)29-12-26-28-23(17)29/h3-13H,1-2H3,(H,24,25,27). The zero-order valence-corrected chi connectivity index (χ0v) is 16.9. The van der Waals surface area contributed by atoms with Gasteiger partial charge in [-0.2, -0.15) is 0 Å². The second-order valence-electron chi connectivity index (χ2n) is 7.15. The molecule has 152 valence electrons. The summed E-state index contributed by atoms with van der Waals surface area (Å²) in [6.45, 7) is 4.38. The topological polar surface area (TPSA) is 94.3 Å². The fourth-order valence-corrected chi connectivity index (χ4v) is 3.83. The van der Waals surface area contributed by atoms with E-state index >= 15 is 0 Å². The lowest BCUT2D eigenvalue weighted by Gasteiger charge is -2.15. The van der Waals surface area contributed by atoms with Crippen molar-refractivity contribution < 1.29 is 9.53 Å². The van der Waals surface area contributed by atoms with E-state index in [4.69, 9.17) is 4.74 Å². The van der Waals surface area contributed by atoms with E-state index in [1.807, 2.05) is 54.6 Å². The molecule has 0 spiro atoms. The van der Waals surface area contributed by atoms with Gasteiger partial charge in [0.05, 0.1) is 5.52 Å². The molecule has 5 rings (SSSR count). The average Bonchev–Trinajstić information content (AvgIpc) is 3.27. The van der Waals surface area contributed by atoms with Gasteiger partial charge in [-0.15, -0.1) is 10.2 Å². The number of ether oxygens (including phenoxy) is 1. The van der Waals surface area contributed by atoms with Crippen LogP contribution in [0.1, 0.15) is 11.1 Å². The number of anilines is 2. The van der Waals surface area contributed by atoms with E-state index in [-0.39, 0.29) is 0 Å². The third kappa shape index (κ3) is 3.24. The lowest BCUT2D eigenvalue weighted by atomic mass is 9.95. The number of pyridine rings is 3. The van der Waals surface area contributed by atoms with Gasteiger partial charge < -0.3 is 10.1 Å². The van der Waals surface area contributed by atoms with Crippen molar-refractivity contribution in [1.82, 2.24) is 24.6 Å². The Morgan fingerprint density at radius 1 is 1.06 bits per heavy atom. The SMILES string of the molecule is Cc1ccc(OC=O)c(C)c1-c1cc2cnc(Nc3ccccn3)cc2n2cnnc12. The van der Waals surface area contributed by atoms with E-state index in [1.165, 1.54) is 0 Å². The van der Waals surface area contributed by atoms with Crippen molar-refractivity contribution >= 4 is 34.7 Å². The molecule has 0 aliphatic carbocycles. The number of nitrogens with zero attached hydrogens (tertiary/aromatic N) is 5. The van der Waals surface area contributed by atoms with Crippen molar-refractivity contribution in [3.8, 4) is 16.9 Å². The summed E-state index contributed by atoms with van der Waals surface area (Å²) in [6.07, 6.45) is 5.21. The van der Waals surface area contributed by atoms with Crippen molar-refractivity contribution in [2.45, 2.75) is 13.8 Å². The highest BCUT2D eigenvalue weighted by atomic mass is 16.5. The number of aryl methyl sites for hydroxylation is 1. The summed E-state index contributed by atoms with van der Waals surface area (Å²) in [6, 6.07) is 13.3. The minimum atomic E-state index is 0.439. The molecule has 8 heteroatoms. The molecule has 4 aromatic heterocycles. The van der Waals surface area contributed by atoms with Crippen LogP contribution in [0, 0.1) is 13.8 Å². The van der Waals surface area contributed by atoms with Crippen molar-refractivity contribution in [2.75, 3.05) is 5.32 Å². The van der Waals surface area contributed by atoms with Gasteiger partial charge in [-0.25, -0.2) is 9.97 Å². The molecular formula is C23H18N6O2. The molecule has 1 N–H and O–H groups in total. The molecule has 4 heterocycles.